The van der Waals surface area contributed by atoms with Crippen molar-refractivity contribution in [1.82, 2.24) is 4.90 Å². The van der Waals surface area contributed by atoms with Crippen LogP contribution in [0.4, 0.5) is 0 Å². The molecule has 0 aromatic rings. The number of carbonyl (C=O) groups is 1. The number of carboxylic acid groups (broad SMARTS) is 1. The molecular formula is C9H15NO2. The van der Waals surface area contributed by atoms with Crippen molar-refractivity contribution < 1.29 is 9.90 Å². The van der Waals surface area contributed by atoms with Gasteiger partial charge in [-0.25, -0.2) is 0 Å². The molecule has 0 saturated carbocycles. The van der Waals surface area contributed by atoms with Crippen LogP contribution in [-0.4, -0.2) is 35.6 Å². The van der Waals surface area contributed by atoms with Gasteiger partial charge in [-0.3, -0.25) is 9.69 Å². The first-order valence-electron chi connectivity index (χ1n) is 4.34. The first kappa shape index (κ1) is 9.26. The van der Waals surface area contributed by atoms with Crippen molar-refractivity contribution in [3.63, 3.8) is 0 Å². The molecule has 0 atom stereocenters. The summed E-state index contributed by atoms with van der Waals surface area (Å²) in [6, 6.07) is 0. The molecule has 0 aliphatic carbocycles. The fraction of sp³-hybridized carbons (Fsp3) is 0.667. The minimum atomic E-state index is -0.723. The normalized spacial score (nSPS) is 18.9. The quantitative estimate of drug-likeness (QED) is 0.643. The van der Waals surface area contributed by atoms with E-state index >= 15 is 0 Å². The predicted octanol–water partition coefficient (Wildman–Crippen LogP) is 1.11. The Morgan fingerprint density at radius 1 is 1.75 bits per heavy atom. The molecule has 1 aliphatic heterocycles. The van der Waals surface area contributed by atoms with Crippen LogP contribution >= 0.6 is 0 Å². The van der Waals surface area contributed by atoms with Gasteiger partial charge in [0, 0.05) is 13.1 Å². The van der Waals surface area contributed by atoms with E-state index in [2.05, 4.69) is 17.9 Å². The van der Waals surface area contributed by atoms with Crippen LogP contribution in [0.1, 0.15) is 19.8 Å². The Balaban J connectivity index is 2.44. The molecule has 3 heteroatoms. The van der Waals surface area contributed by atoms with Gasteiger partial charge in [0.2, 0.25) is 0 Å². The van der Waals surface area contributed by atoms with Gasteiger partial charge in [0.1, 0.15) is 0 Å². The maximum atomic E-state index is 10.4. The minimum Gasteiger partial charge on any atom is -0.481 e. The van der Waals surface area contributed by atoms with Crippen LogP contribution in [0.3, 0.4) is 0 Å². The van der Waals surface area contributed by atoms with Crippen LogP contribution in [0, 0.1) is 0 Å². The number of nitrogens with zero attached hydrogens (tertiary/aromatic N) is 1. The van der Waals surface area contributed by atoms with Gasteiger partial charge in [0.15, 0.2) is 0 Å². The summed E-state index contributed by atoms with van der Waals surface area (Å²) < 4.78 is 0. The van der Waals surface area contributed by atoms with E-state index in [9.17, 15) is 4.79 Å². The van der Waals surface area contributed by atoms with Gasteiger partial charge < -0.3 is 5.11 Å². The average molecular weight is 169 g/mol. The topological polar surface area (TPSA) is 40.5 Å². The fourth-order valence-electron chi connectivity index (χ4n) is 1.47. The van der Waals surface area contributed by atoms with E-state index in [0.717, 1.165) is 31.6 Å². The average Bonchev–Trinajstić information content (AvgIpc) is 2.03. The summed E-state index contributed by atoms with van der Waals surface area (Å²) in [5.74, 6) is -0.723. The molecule has 0 fully saturated rings. The Morgan fingerprint density at radius 3 is 3.08 bits per heavy atom. The Kier molecular flexibility index (Phi) is 3.29. The minimum absolute atomic E-state index is 0.205. The van der Waals surface area contributed by atoms with E-state index in [-0.39, 0.29) is 6.42 Å². The number of carboxylic acids is 1. The zero-order valence-corrected chi connectivity index (χ0v) is 7.42. The van der Waals surface area contributed by atoms with E-state index in [4.69, 9.17) is 5.11 Å². The van der Waals surface area contributed by atoms with Crippen LogP contribution in [0.25, 0.3) is 0 Å². The van der Waals surface area contributed by atoms with Gasteiger partial charge >= 0.3 is 5.97 Å². The first-order chi connectivity index (χ1) is 5.72. The number of hydrogen-bond acceptors (Lipinski definition) is 2. The van der Waals surface area contributed by atoms with Gasteiger partial charge in [-0.2, -0.15) is 0 Å². The van der Waals surface area contributed by atoms with E-state index in [1.165, 1.54) is 0 Å². The van der Waals surface area contributed by atoms with Crippen LogP contribution in [0.2, 0.25) is 0 Å². The second-order valence-corrected chi connectivity index (χ2v) is 3.09. The molecule has 12 heavy (non-hydrogen) atoms. The highest BCUT2D eigenvalue weighted by molar-refractivity contribution is 5.70. The smallest absolute Gasteiger partial charge is 0.307 e. The molecule has 0 unspecified atom stereocenters. The summed E-state index contributed by atoms with van der Waals surface area (Å²) in [6.07, 6.45) is 3.26. The van der Waals surface area contributed by atoms with Gasteiger partial charge in [-0.15, -0.1) is 0 Å². The molecule has 1 N–H and O–H groups in total. The van der Waals surface area contributed by atoms with Crippen LogP contribution in [0.5, 0.6) is 0 Å². The third-order valence-corrected chi connectivity index (χ3v) is 2.13. The molecule has 0 saturated heterocycles. The molecule has 0 radical (unpaired) electrons. The zero-order valence-electron chi connectivity index (χ0n) is 7.42. The maximum absolute atomic E-state index is 10.4. The Bertz CT molecular complexity index is 199. The number of aliphatic carboxylic acids is 1. The summed E-state index contributed by atoms with van der Waals surface area (Å²) in [5.41, 5.74) is 1.05. The molecule has 1 heterocycles. The third-order valence-electron chi connectivity index (χ3n) is 2.13. The molecule has 0 spiro atoms. The molecule has 0 amide bonds. The van der Waals surface area contributed by atoms with Gasteiger partial charge in [0.05, 0.1) is 6.42 Å². The summed E-state index contributed by atoms with van der Waals surface area (Å²) in [5, 5.41) is 8.57. The lowest BCUT2D eigenvalue weighted by atomic mass is 10.1. The van der Waals surface area contributed by atoms with Crippen molar-refractivity contribution >= 4 is 5.97 Å². The fourth-order valence-corrected chi connectivity index (χ4v) is 1.47. The number of likely N-dealkylation sites (N-methyl/N-ethyl adjacent to an activating group) is 1. The monoisotopic (exact) mass is 169 g/mol. The van der Waals surface area contributed by atoms with Crippen molar-refractivity contribution in [2.45, 2.75) is 19.8 Å². The Morgan fingerprint density at radius 2 is 2.50 bits per heavy atom. The molecule has 68 valence electrons. The highest BCUT2D eigenvalue weighted by Crippen LogP contribution is 2.11. The van der Waals surface area contributed by atoms with Crippen LogP contribution in [0.15, 0.2) is 11.6 Å². The SMILES string of the molecule is CCN1CCC=C(CC(=O)O)C1. The van der Waals surface area contributed by atoms with Crippen molar-refractivity contribution in [3.05, 3.63) is 11.6 Å². The number of hydrogen-bond donors (Lipinski definition) is 1. The molecule has 0 aromatic heterocycles. The standard InChI is InChI=1S/C9H15NO2/c1-2-10-5-3-4-8(7-10)6-9(11)12/h4H,2-3,5-7H2,1H3,(H,11,12). The molecular weight excluding hydrogens is 154 g/mol. The third kappa shape index (κ3) is 2.66. The van der Waals surface area contributed by atoms with Crippen molar-refractivity contribution in [2.24, 2.45) is 0 Å². The highest BCUT2D eigenvalue weighted by Gasteiger charge is 2.12. The highest BCUT2D eigenvalue weighted by atomic mass is 16.4. The molecule has 1 aliphatic rings. The molecule has 3 nitrogen and oxygen atoms in total. The lowest BCUT2D eigenvalue weighted by Gasteiger charge is -2.24. The summed E-state index contributed by atoms with van der Waals surface area (Å²) in [7, 11) is 0. The van der Waals surface area contributed by atoms with E-state index in [1.54, 1.807) is 0 Å². The van der Waals surface area contributed by atoms with Crippen molar-refractivity contribution in [1.29, 1.82) is 0 Å². The maximum Gasteiger partial charge on any atom is 0.307 e. The molecule has 1 rings (SSSR count). The lowest BCUT2D eigenvalue weighted by Crippen LogP contribution is -2.30. The predicted molar refractivity (Wildman–Crippen MR) is 47.1 cm³/mol. The summed E-state index contributed by atoms with van der Waals surface area (Å²) in [6.45, 7) is 5.02. The largest absolute Gasteiger partial charge is 0.481 e. The number of rotatable bonds is 3. The van der Waals surface area contributed by atoms with Gasteiger partial charge in [0.25, 0.3) is 0 Å². The van der Waals surface area contributed by atoms with E-state index in [1.807, 2.05) is 0 Å². The zero-order chi connectivity index (χ0) is 8.97. The first-order valence-corrected chi connectivity index (χ1v) is 4.34. The van der Waals surface area contributed by atoms with E-state index in [0.29, 0.717) is 0 Å². The van der Waals surface area contributed by atoms with E-state index < -0.39 is 5.97 Å². The van der Waals surface area contributed by atoms with Crippen LogP contribution in [-0.2, 0) is 4.79 Å². The van der Waals surface area contributed by atoms with Crippen molar-refractivity contribution in [3.8, 4) is 0 Å². The second kappa shape index (κ2) is 4.26. The summed E-state index contributed by atoms with van der Waals surface area (Å²) >= 11 is 0. The van der Waals surface area contributed by atoms with Gasteiger partial charge in [-0.1, -0.05) is 13.0 Å². The molecule has 0 aromatic carbocycles. The molecule has 0 bridgehead atoms. The van der Waals surface area contributed by atoms with Crippen LogP contribution < -0.4 is 0 Å². The van der Waals surface area contributed by atoms with Gasteiger partial charge in [-0.05, 0) is 18.5 Å². The Labute approximate surface area is 72.7 Å². The Hall–Kier alpha value is -0.830. The second-order valence-electron chi connectivity index (χ2n) is 3.09. The van der Waals surface area contributed by atoms with Crippen molar-refractivity contribution in [2.75, 3.05) is 19.6 Å². The summed E-state index contributed by atoms with van der Waals surface area (Å²) in [4.78, 5) is 12.7. The lowest BCUT2D eigenvalue weighted by molar-refractivity contribution is -0.136.